The summed E-state index contributed by atoms with van der Waals surface area (Å²) in [6, 6.07) is 21.5. The molecular weight excluding hydrogens is 446 g/mol. The SMILES string of the molecule is COc1cc(/C=N\Nc2nc(-c3ccc(Cl)cc3)cs2)ccc1OC(=O)c1ccccc1. The molecule has 0 bridgehead atoms. The second kappa shape index (κ2) is 10.1. The number of rotatable bonds is 7. The van der Waals surface area contributed by atoms with Gasteiger partial charge in [-0.2, -0.15) is 5.10 Å². The zero-order chi connectivity index (χ0) is 22.3. The molecule has 0 aliphatic heterocycles. The summed E-state index contributed by atoms with van der Waals surface area (Å²) in [5.74, 6) is 0.309. The van der Waals surface area contributed by atoms with Gasteiger partial charge in [-0.05, 0) is 48.0 Å². The van der Waals surface area contributed by atoms with Crippen molar-refractivity contribution >= 4 is 40.3 Å². The zero-order valence-electron chi connectivity index (χ0n) is 17.0. The van der Waals surface area contributed by atoms with Crippen molar-refractivity contribution in [1.29, 1.82) is 0 Å². The lowest BCUT2D eigenvalue weighted by Gasteiger charge is -2.09. The molecule has 6 nitrogen and oxygen atoms in total. The van der Waals surface area contributed by atoms with E-state index in [9.17, 15) is 4.79 Å². The van der Waals surface area contributed by atoms with Crippen LogP contribution < -0.4 is 14.9 Å². The maximum atomic E-state index is 12.3. The Kier molecular flexibility index (Phi) is 6.79. The second-order valence-electron chi connectivity index (χ2n) is 6.58. The maximum Gasteiger partial charge on any atom is 0.343 e. The van der Waals surface area contributed by atoms with Gasteiger partial charge in [0, 0.05) is 16.0 Å². The Morgan fingerprint density at radius 3 is 2.59 bits per heavy atom. The first-order valence-electron chi connectivity index (χ1n) is 9.58. The van der Waals surface area contributed by atoms with Crippen LogP contribution in [-0.4, -0.2) is 24.3 Å². The number of esters is 1. The van der Waals surface area contributed by atoms with Crippen LogP contribution in [0.1, 0.15) is 15.9 Å². The number of hydrazone groups is 1. The van der Waals surface area contributed by atoms with E-state index in [0.29, 0.717) is 27.2 Å². The third kappa shape index (κ3) is 5.32. The molecule has 0 aliphatic carbocycles. The number of carbonyl (C=O) groups is 1. The Bertz CT molecular complexity index is 1240. The van der Waals surface area contributed by atoms with Crippen LogP contribution in [0, 0.1) is 0 Å². The van der Waals surface area contributed by atoms with Gasteiger partial charge in [-0.3, -0.25) is 5.43 Å². The minimum absolute atomic E-state index is 0.332. The van der Waals surface area contributed by atoms with E-state index >= 15 is 0 Å². The summed E-state index contributed by atoms with van der Waals surface area (Å²) in [5, 5.41) is 7.52. The highest BCUT2D eigenvalue weighted by molar-refractivity contribution is 7.14. The molecule has 0 aliphatic rings. The summed E-state index contributed by atoms with van der Waals surface area (Å²) >= 11 is 7.38. The fourth-order valence-corrected chi connectivity index (χ4v) is 3.62. The molecule has 0 saturated carbocycles. The first kappa shape index (κ1) is 21.5. The molecule has 0 spiro atoms. The van der Waals surface area contributed by atoms with Gasteiger partial charge < -0.3 is 9.47 Å². The van der Waals surface area contributed by atoms with Crippen LogP contribution in [0.15, 0.2) is 83.3 Å². The van der Waals surface area contributed by atoms with Crippen molar-refractivity contribution in [2.45, 2.75) is 0 Å². The van der Waals surface area contributed by atoms with Crippen LogP contribution in [0.25, 0.3) is 11.3 Å². The number of nitrogens with zero attached hydrogens (tertiary/aromatic N) is 2. The molecule has 8 heteroatoms. The van der Waals surface area contributed by atoms with Crippen molar-refractivity contribution in [3.8, 4) is 22.8 Å². The Balaban J connectivity index is 1.41. The Labute approximate surface area is 194 Å². The fourth-order valence-electron chi connectivity index (χ4n) is 2.82. The van der Waals surface area contributed by atoms with Crippen LogP contribution in [0.2, 0.25) is 5.02 Å². The number of thiazole rings is 1. The number of nitrogens with one attached hydrogen (secondary N) is 1. The van der Waals surface area contributed by atoms with Gasteiger partial charge in [0.1, 0.15) is 0 Å². The van der Waals surface area contributed by atoms with E-state index < -0.39 is 5.97 Å². The number of hydrogen-bond donors (Lipinski definition) is 1. The van der Waals surface area contributed by atoms with Gasteiger partial charge in [-0.25, -0.2) is 9.78 Å². The zero-order valence-corrected chi connectivity index (χ0v) is 18.6. The van der Waals surface area contributed by atoms with Crippen molar-refractivity contribution in [3.63, 3.8) is 0 Å². The molecule has 3 aromatic carbocycles. The smallest absolute Gasteiger partial charge is 0.343 e. The summed E-state index contributed by atoms with van der Waals surface area (Å²) in [5.41, 5.74) is 5.98. The van der Waals surface area contributed by atoms with E-state index in [2.05, 4.69) is 15.5 Å². The van der Waals surface area contributed by atoms with E-state index in [1.165, 1.54) is 18.4 Å². The number of aromatic nitrogens is 1. The Morgan fingerprint density at radius 1 is 1.06 bits per heavy atom. The number of ether oxygens (including phenoxy) is 2. The quantitative estimate of drug-likeness (QED) is 0.154. The number of benzene rings is 3. The first-order chi connectivity index (χ1) is 15.6. The van der Waals surface area contributed by atoms with Crippen molar-refractivity contribution in [3.05, 3.63) is 94.3 Å². The summed E-state index contributed by atoms with van der Waals surface area (Å²) in [7, 11) is 1.52. The average Bonchev–Trinajstić information content (AvgIpc) is 3.30. The molecule has 0 atom stereocenters. The Hall–Kier alpha value is -3.68. The molecule has 0 saturated heterocycles. The van der Waals surface area contributed by atoms with E-state index in [1.54, 1.807) is 48.7 Å². The van der Waals surface area contributed by atoms with Crippen LogP contribution in [0.3, 0.4) is 0 Å². The normalized spacial score (nSPS) is 10.8. The van der Waals surface area contributed by atoms with Gasteiger partial charge in [-0.15, -0.1) is 11.3 Å². The maximum absolute atomic E-state index is 12.3. The van der Waals surface area contributed by atoms with E-state index in [4.69, 9.17) is 21.1 Å². The van der Waals surface area contributed by atoms with Crippen LogP contribution in [0.4, 0.5) is 5.13 Å². The topological polar surface area (TPSA) is 72.8 Å². The van der Waals surface area contributed by atoms with E-state index in [1.807, 2.05) is 35.7 Å². The molecule has 4 aromatic rings. The summed E-state index contributed by atoms with van der Waals surface area (Å²) in [6.45, 7) is 0. The summed E-state index contributed by atoms with van der Waals surface area (Å²) in [4.78, 5) is 16.8. The van der Waals surface area contributed by atoms with Crippen molar-refractivity contribution < 1.29 is 14.3 Å². The predicted molar refractivity (Wildman–Crippen MR) is 128 cm³/mol. The van der Waals surface area contributed by atoms with Crippen molar-refractivity contribution in [1.82, 2.24) is 4.98 Å². The number of methoxy groups -OCH3 is 1. The van der Waals surface area contributed by atoms with Crippen LogP contribution >= 0.6 is 22.9 Å². The highest BCUT2D eigenvalue weighted by Crippen LogP contribution is 2.29. The van der Waals surface area contributed by atoms with Gasteiger partial charge >= 0.3 is 5.97 Å². The molecule has 0 amide bonds. The fraction of sp³-hybridized carbons (Fsp3) is 0.0417. The average molecular weight is 464 g/mol. The third-order valence-corrected chi connectivity index (χ3v) is 5.42. The monoisotopic (exact) mass is 463 g/mol. The van der Waals surface area contributed by atoms with E-state index in [0.717, 1.165) is 16.8 Å². The molecular formula is C24H18ClN3O3S. The minimum atomic E-state index is -0.452. The second-order valence-corrected chi connectivity index (χ2v) is 7.88. The van der Waals surface area contributed by atoms with Gasteiger partial charge in [0.05, 0.1) is 24.6 Å². The molecule has 160 valence electrons. The molecule has 0 fully saturated rings. The highest BCUT2D eigenvalue weighted by atomic mass is 35.5. The lowest BCUT2D eigenvalue weighted by atomic mass is 10.2. The molecule has 32 heavy (non-hydrogen) atoms. The van der Waals surface area contributed by atoms with Gasteiger partial charge in [-0.1, -0.05) is 41.9 Å². The largest absolute Gasteiger partial charge is 0.493 e. The molecule has 0 unspecified atom stereocenters. The molecule has 1 aromatic heterocycles. The number of hydrogen-bond acceptors (Lipinski definition) is 7. The standard InChI is InChI=1S/C24H18ClN3O3S/c1-30-22-13-16(7-12-21(22)31-23(29)18-5-3-2-4-6-18)14-26-28-24-27-20(15-32-24)17-8-10-19(25)11-9-17/h2-15H,1H3,(H,27,28)/b26-14-. The van der Waals surface area contributed by atoms with Gasteiger partial charge in [0.25, 0.3) is 0 Å². The Morgan fingerprint density at radius 2 is 1.84 bits per heavy atom. The minimum Gasteiger partial charge on any atom is -0.493 e. The molecule has 4 rings (SSSR count). The summed E-state index contributed by atoms with van der Waals surface area (Å²) < 4.78 is 10.8. The molecule has 1 heterocycles. The van der Waals surface area contributed by atoms with E-state index in [-0.39, 0.29) is 0 Å². The van der Waals surface area contributed by atoms with Gasteiger partial charge in [0.15, 0.2) is 11.5 Å². The number of carbonyl (C=O) groups excluding carboxylic acids is 1. The number of anilines is 1. The van der Waals surface area contributed by atoms with Gasteiger partial charge in [0.2, 0.25) is 5.13 Å². The third-order valence-electron chi connectivity index (χ3n) is 4.42. The van der Waals surface area contributed by atoms with Crippen molar-refractivity contribution in [2.75, 3.05) is 12.5 Å². The first-order valence-corrected chi connectivity index (χ1v) is 10.8. The lowest BCUT2D eigenvalue weighted by molar-refractivity contribution is 0.0729. The molecule has 1 N–H and O–H groups in total. The predicted octanol–water partition coefficient (Wildman–Crippen LogP) is 6.14. The van der Waals surface area contributed by atoms with Crippen LogP contribution in [0.5, 0.6) is 11.5 Å². The molecule has 0 radical (unpaired) electrons. The lowest BCUT2D eigenvalue weighted by Crippen LogP contribution is -2.09. The summed E-state index contributed by atoms with van der Waals surface area (Å²) in [6.07, 6.45) is 1.63. The van der Waals surface area contributed by atoms with Crippen molar-refractivity contribution in [2.24, 2.45) is 5.10 Å². The number of halogens is 1. The highest BCUT2D eigenvalue weighted by Gasteiger charge is 2.12. The van der Waals surface area contributed by atoms with Crippen LogP contribution in [-0.2, 0) is 0 Å².